The van der Waals surface area contributed by atoms with E-state index < -0.39 is 0 Å². The number of benzene rings is 1. The second kappa shape index (κ2) is 6.19. The van der Waals surface area contributed by atoms with Crippen molar-refractivity contribution in [3.63, 3.8) is 0 Å². The molecular weight excluding hydrogens is 302 g/mol. The lowest BCUT2D eigenvalue weighted by molar-refractivity contribution is 0.0891. The molecule has 17 heavy (non-hydrogen) atoms. The highest BCUT2D eigenvalue weighted by Crippen LogP contribution is 2.25. The third-order valence-corrected chi connectivity index (χ3v) is 4.22. The molecule has 4 heteroatoms. The normalized spacial score (nSPS) is 19.2. The van der Waals surface area contributed by atoms with Crippen molar-refractivity contribution >= 4 is 27.5 Å². The first-order valence-electron chi connectivity index (χ1n) is 5.99. The summed E-state index contributed by atoms with van der Waals surface area (Å²) in [5.41, 5.74) is 1.03. The summed E-state index contributed by atoms with van der Waals surface area (Å²) >= 11 is 9.54. The molecule has 0 spiro atoms. The number of nitrogens with one attached hydrogen (secondary N) is 1. The first-order chi connectivity index (χ1) is 8.16. The van der Waals surface area contributed by atoms with Gasteiger partial charge in [0.05, 0.1) is 6.10 Å². The maximum absolute atomic E-state index is 10.2. The van der Waals surface area contributed by atoms with Crippen LogP contribution in [0, 0.1) is 5.92 Å². The molecule has 1 aliphatic rings. The first kappa shape index (κ1) is 13.3. The number of aliphatic hydroxyl groups excluding tert-OH is 1. The molecule has 1 aliphatic heterocycles. The summed E-state index contributed by atoms with van der Waals surface area (Å²) in [6, 6.07) is 5.83. The molecule has 2 nitrogen and oxygen atoms in total. The fourth-order valence-corrected chi connectivity index (χ4v) is 3.06. The molecule has 0 aromatic heterocycles. The molecule has 0 saturated carbocycles. The van der Waals surface area contributed by atoms with Crippen LogP contribution in [0.5, 0.6) is 0 Å². The van der Waals surface area contributed by atoms with E-state index in [2.05, 4.69) is 21.2 Å². The lowest BCUT2D eigenvalue weighted by atomic mass is 9.89. The van der Waals surface area contributed by atoms with Crippen molar-refractivity contribution in [1.29, 1.82) is 0 Å². The summed E-state index contributed by atoms with van der Waals surface area (Å²) in [5.74, 6) is 0.399. The molecule has 1 aromatic rings. The van der Waals surface area contributed by atoms with Crippen molar-refractivity contribution in [3.8, 4) is 0 Å². The highest BCUT2D eigenvalue weighted by molar-refractivity contribution is 9.10. The van der Waals surface area contributed by atoms with Crippen LogP contribution in [0.25, 0.3) is 0 Å². The van der Waals surface area contributed by atoms with E-state index in [4.69, 9.17) is 11.6 Å². The van der Waals surface area contributed by atoms with E-state index in [1.54, 1.807) is 0 Å². The van der Waals surface area contributed by atoms with E-state index in [-0.39, 0.29) is 6.10 Å². The van der Waals surface area contributed by atoms with Gasteiger partial charge < -0.3 is 10.4 Å². The van der Waals surface area contributed by atoms with Crippen LogP contribution in [0.3, 0.4) is 0 Å². The standard InChI is InChI=1S/C13H17BrClNO/c14-11-2-1-10(12(15)8-11)7-13(17)9-3-5-16-6-4-9/h1-2,8-9,13,16-17H,3-7H2. The highest BCUT2D eigenvalue weighted by Gasteiger charge is 2.22. The third-order valence-electron chi connectivity index (χ3n) is 3.37. The Morgan fingerprint density at radius 1 is 1.41 bits per heavy atom. The largest absolute Gasteiger partial charge is 0.392 e. The van der Waals surface area contributed by atoms with Gasteiger partial charge >= 0.3 is 0 Å². The van der Waals surface area contributed by atoms with Crippen LogP contribution in [0.15, 0.2) is 22.7 Å². The Morgan fingerprint density at radius 2 is 2.12 bits per heavy atom. The average Bonchev–Trinajstić information content (AvgIpc) is 2.34. The summed E-state index contributed by atoms with van der Waals surface area (Å²) in [6.45, 7) is 2.02. The molecular formula is C13H17BrClNO. The molecule has 0 bridgehead atoms. The Labute approximate surface area is 115 Å². The van der Waals surface area contributed by atoms with Crippen molar-refractivity contribution in [2.75, 3.05) is 13.1 Å². The fourth-order valence-electron chi connectivity index (χ4n) is 2.31. The molecule has 2 N–H and O–H groups in total. The second-order valence-electron chi connectivity index (χ2n) is 4.59. The Bertz CT molecular complexity index is 380. The van der Waals surface area contributed by atoms with Crippen LogP contribution in [0.4, 0.5) is 0 Å². The van der Waals surface area contributed by atoms with Gasteiger partial charge in [-0.1, -0.05) is 33.6 Å². The van der Waals surface area contributed by atoms with Crippen LogP contribution in [0.2, 0.25) is 5.02 Å². The minimum Gasteiger partial charge on any atom is -0.392 e. The number of hydrogen-bond donors (Lipinski definition) is 2. The van der Waals surface area contributed by atoms with E-state index in [9.17, 15) is 5.11 Å². The molecule has 0 aliphatic carbocycles. The second-order valence-corrected chi connectivity index (χ2v) is 5.92. The van der Waals surface area contributed by atoms with E-state index in [1.807, 2.05) is 18.2 Å². The maximum atomic E-state index is 10.2. The van der Waals surface area contributed by atoms with Crippen molar-refractivity contribution in [2.45, 2.75) is 25.4 Å². The molecule has 1 heterocycles. The zero-order chi connectivity index (χ0) is 12.3. The van der Waals surface area contributed by atoms with E-state index >= 15 is 0 Å². The maximum Gasteiger partial charge on any atom is 0.0610 e. The molecule has 1 fully saturated rings. The van der Waals surface area contributed by atoms with Gasteiger partial charge in [-0.25, -0.2) is 0 Å². The average molecular weight is 319 g/mol. The van der Waals surface area contributed by atoms with Gasteiger partial charge in [-0.3, -0.25) is 0 Å². The molecule has 0 amide bonds. The Morgan fingerprint density at radius 3 is 2.76 bits per heavy atom. The van der Waals surface area contributed by atoms with Crippen LogP contribution in [-0.2, 0) is 6.42 Å². The summed E-state index contributed by atoms with van der Waals surface area (Å²) in [7, 11) is 0. The third kappa shape index (κ3) is 3.68. The van der Waals surface area contributed by atoms with Gasteiger partial charge in [0.1, 0.15) is 0 Å². The molecule has 2 rings (SSSR count). The van der Waals surface area contributed by atoms with Crippen LogP contribution in [0.1, 0.15) is 18.4 Å². The lowest BCUT2D eigenvalue weighted by Gasteiger charge is -2.27. The van der Waals surface area contributed by atoms with Gasteiger partial charge in [-0.15, -0.1) is 0 Å². The van der Waals surface area contributed by atoms with Crippen molar-refractivity contribution in [3.05, 3.63) is 33.3 Å². The summed E-state index contributed by atoms with van der Waals surface area (Å²) in [6.07, 6.45) is 2.47. The van der Waals surface area contributed by atoms with E-state index in [0.717, 1.165) is 41.0 Å². The molecule has 1 aromatic carbocycles. The van der Waals surface area contributed by atoms with E-state index in [0.29, 0.717) is 12.3 Å². The van der Waals surface area contributed by atoms with Crippen molar-refractivity contribution in [2.24, 2.45) is 5.92 Å². The molecule has 94 valence electrons. The van der Waals surface area contributed by atoms with Gasteiger partial charge in [0.2, 0.25) is 0 Å². The minimum atomic E-state index is -0.282. The zero-order valence-corrected chi connectivity index (χ0v) is 12.0. The topological polar surface area (TPSA) is 32.3 Å². The first-order valence-corrected chi connectivity index (χ1v) is 7.16. The quantitative estimate of drug-likeness (QED) is 0.898. The summed E-state index contributed by atoms with van der Waals surface area (Å²) in [4.78, 5) is 0. The van der Waals surface area contributed by atoms with Crippen LogP contribution < -0.4 is 5.32 Å². The van der Waals surface area contributed by atoms with Gasteiger partial charge in [0.15, 0.2) is 0 Å². The SMILES string of the molecule is OC(Cc1ccc(Br)cc1Cl)C1CCNCC1. The molecule has 1 atom stereocenters. The summed E-state index contributed by atoms with van der Waals surface area (Å²) < 4.78 is 0.975. The van der Waals surface area contributed by atoms with Gasteiger partial charge in [-0.05, 0) is 49.5 Å². The van der Waals surface area contributed by atoms with Gasteiger partial charge in [-0.2, -0.15) is 0 Å². The predicted octanol–water partition coefficient (Wildman–Crippen LogP) is 3.01. The Balaban J connectivity index is 1.99. The van der Waals surface area contributed by atoms with Gasteiger partial charge in [0.25, 0.3) is 0 Å². The monoisotopic (exact) mass is 317 g/mol. The molecule has 1 unspecified atom stereocenters. The highest BCUT2D eigenvalue weighted by atomic mass is 79.9. The van der Waals surface area contributed by atoms with Crippen molar-refractivity contribution in [1.82, 2.24) is 5.32 Å². The van der Waals surface area contributed by atoms with Crippen LogP contribution in [-0.4, -0.2) is 24.3 Å². The molecule has 0 radical (unpaired) electrons. The number of rotatable bonds is 3. The molecule has 1 saturated heterocycles. The Hall–Kier alpha value is -0.0900. The van der Waals surface area contributed by atoms with Crippen LogP contribution >= 0.6 is 27.5 Å². The van der Waals surface area contributed by atoms with Gasteiger partial charge in [0, 0.05) is 15.9 Å². The predicted molar refractivity (Wildman–Crippen MR) is 74.5 cm³/mol. The minimum absolute atomic E-state index is 0.282. The van der Waals surface area contributed by atoms with Crippen molar-refractivity contribution < 1.29 is 5.11 Å². The summed E-state index contributed by atoms with van der Waals surface area (Å²) in [5, 5.41) is 14.3. The Kier molecular flexibility index (Phi) is 4.86. The number of halogens is 2. The van der Waals surface area contributed by atoms with E-state index in [1.165, 1.54) is 0 Å². The number of piperidine rings is 1. The smallest absolute Gasteiger partial charge is 0.0610 e. The lowest BCUT2D eigenvalue weighted by Crippen LogP contribution is -2.35. The fraction of sp³-hybridized carbons (Fsp3) is 0.538. The zero-order valence-electron chi connectivity index (χ0n) is 9.63. The number of hydrogen-bond acceptors (Lipinski definition) is 2. The number of aliphatic hydroxyl groups is 1.